The number of phenolic OH excluding ortho intramolecular Hbond substituents is 1. The fourth-order valence-corrected chi connectivity index (χ4v) is 2.65. The Labute approximate surface area is 185 Å². The van der Waals surface area contributed by atoms with Crippen molar-refractivity contribution in [3.8, 4) is 28.9 Å². The number of rotatable bonds is 7. The molecule has 1 aromatic heterocycles. The zero-order chi connectivity index (χ0) is 22.6. The molecule has 0 spiro atoms. The Balaban J connectivity index is 0.000000316. The minimum atomic E-state index is -0.528. The number of phenols is 1. The molecule has 0 unspecified atom stereocenters. The average Bonchev–Trinajstić information content (AvgIpc) is 2.80. The lowest BCUT2D eigenvalue weighted by atomic mass is 10.3. The van der Waals surface area contributed by atoms with Crippen molar-refractivity contribution < 1.29 is 28.8 Å². The summed E-state index contributed by atoms with van der Waals surface area (Å²) in [4.78, 5) is 20.3. The number of para-hydroxylation sites is 4. The van der Waals surface area contributed by atoms with E-state index < -0.39 is 5.97 Å². The van der Waals surface area contributed by atoms with Gasteiger partial charge in [0.25, 0.3) is 0 Å². The van der Waals surface area contributed by atoms with E-state index in [9.17, 15) is 4.79 Å². The van der Waals surface area contributed by atoms with Crippen LogP contribution in [-0.4, -0.2) is 48.1 Å². The van der Waals surface area contributed by atoms with Crippen molar-refractivity contribution in [1.29, 1.82) is 0 Å². The van der Waals surface area contributed by atoms with Gasteiger partial charge in [-0.2, -0.15) is 4.98 Å². The summed E-state index contributed by atoms with van der Waals surface area (Å²) in [6.45, 7) is 1.99. The van der Waals surface area contributed by atoms with Gasteiger partial charge in [0.1, 0.15) is 5.56 Å². The van der Waals surface area contributed by atoms with Crippen molar-refractivity contribution in [2.24, 2.45) is 0 Å². The summed E-state index contributed by atoms with van der Waals surface area (Å²) in [6, 6.07) is 14.0. The Hall–Kier alpha value is -3.46. The third kappa shape index (κ3) is 6.78. The predicted octanol–water partition coefficient (Wildman–Crippen LogP) is 4.58. The molecule has 0 amide bonds. The molecule has 0 saturated heterocycles. The summed E-state index contributed by atoms with van der Waals surface area (Å²) >= 11 is 1.35. The first-order valence-electron chi connectivity index (χ1n) is 9.25. The number of nitrogens with zero attached hydrogens (tertiary/aromatic N) is 2. The van der Waals surface area contributed by atoms with Crippen LogP contribution < -0.4 is 14.2 Å². The summed E-state index contributed by atoms with van der Waals surface area (Å²) in [5.41, 5.74) is 0.172. The molecule has 0 aliphatic heterocycles. The molecule has 0 radical (unpaired) electrons. The van der Waals surface area contributed by atoms with E-state index in [1.54, 1.807) is 56.5 Å². The van der Waals surface area contributed by atoms with Crippen LogP contribution in [0.4, 0.5) is 0 Å². The minimum Gasteiger partial charge on any atom is -0.504 e. The molecule has 1 N–H and O–H groups in total. The van der Waals surface area contributed by atoms with Gasteiger partial charge in [0.15, 0.2) is 28.2 Å². The van der Waals surface area contributed by atoms with Gasteiger partial charge in [0.2, 0.25) is 5.88 Å². The van der Waals surface area contributed by atoms with Crippen LogP contribution in [0.5, 0.6) is 28.9 Å². The van der Waals surface area contributed by atoms with E-state index in [2.05, 4.69) is 9.97 Å². The Morgan fingerprint density at radius 3 is 2.16 bits per heavy atom. The fourth-order valence-electron chi connectivity index (χ4n) is 2.31. The molecule has 0 aliphatic carbocycles. The van der Waals surface area contributed by atoms with Crippen LogP contribution in [0.1, 0.15) is 17.3 Å². The van der Waals surface area contributed by atoms with E-state index in [1.165, 1.54) is 25.1 Å². The Morgan fingerprint density at radius 2 is 1.61 bits per heavy atom. The second-order valence-electron chi connectivity index (χ2n) is 5.72. The van der Waals surface area contributed by atoms with Crippen molar-refractivity contribution in [3.63, 3.8) is 0 Å². The SMILES string of the molecule is CCOC(=O)c1cnc(SC)nc1Oc1ccccc1OC.COc1ccccc1O. The second kappa shape index (κ2) is 12.3. The lowest BCUT2D eigenvalue weighted by molar-refractivity contribution is 0.0521. The van der Waals surface area contributed by atoms with Crippen molar-refractivity contribution in [1.82, 2.24) is 9.97 Å². The monoisotopic (exact) mass is 444 g/mol. The highest BCUT2D eigenvalue weighted by molar-refractivity contribution is 7.98. The number of benzene rings is 2. The summed E-state index contributed by atoms with van der Waals surface area (Å²) in [6.07, 6.45) is 3.24. The molecule has 3 rings (SSSR count). The molecule has 0 atom stereocenters. The summed E-state index contributed by atoms with van der Waals surface area (Å²) < 4.78 is 20.8. The number of thioether (sulfide) groups is 1. The van der Waals surface area contributed by atoms with Crippen LogP contribution in [0.25, 0.3) is 0 Å². The number of carbonyl (C=O) groups is 1. The first-order chi connectivity index (χ1) is 15.0. The molecular formula is C22H24N2O6S. The molecule has 0 aliphatic rings. The third-order valence-corrected chi connectivity index (χ3v) is 4.33. The molecule has 0 saturated carbocycles. The first kappa shape index (κ1) is 23.8. The van der Waals surface area contributed by atoms with Crippen molar-refractivity contribution in [2.45, 2.75) is 12.1 Å². The van der Waals surface area contributed by atoms with Crippen molar-refractivity contribution in [3.05, 3.63) is 60.3 Å². The van der Waals surface area contributed by atoms with Crippen LogP contribution in [0.15, 0.2) is 59.9 Å². The summed E-state index contributed by atoms with van der Waals surface area (Å²) in [7, 11) is 3.07. The van der Waals surface area contributed by atoms with Gasteiger partial charge in [-0.15, -0.1) is 0 Å². The predicted molar refractivity (Wildman–Crippen MR) is 117 cm³/mol. The number of hydrogen-bond donors (Lipinski definition) is 1. The van der Waals surface area contributed by atoms with Gasteiger partial charge in [-0.1, -0.05) is 36.0 Å². The van der Waals surface area contributed by atoms with E-state index in [1.807, 2.05) is 12.3 Å². The maximum absolute atomic E-state index is 12.0. The van der Waals surface area contributed by atoms with Crippen LogP contribution >= 0.6 is 11.8 Å². The van der Waals surface area contributed by atoms with Gasteiger partial charge in [-0.05, 0) is 37.4 Å². The molecule has 3 aromatic rings. The van der Waals surface area contributed by atoms with Crippen LogP contribution in [-0.2, 0) is 4.74 Å². The molecule has 1 heterocycles. The van der Waals surface area contributed by atoms with Gasteiger partial charge in [0.05, 0.1) is 20.8 Å². The van der Waals surface area contributed by atoms with E-state index >= 15 is 0 Å². The molecule has 9 heteroatoms. The zero-order valence-corrected chi connectivity index (χ0v) is 18.5. The Kier molecular flexibility index (Phi) is 9.44. The third-order valence-electron chi connectivity index (χ3n) is 3.77. The molecule has 8 nitrogen and oxygen atoms in total. The fraction of sp³-hybridized carbons (Fsp3) is 0.227. The van der Waals surface area contributed by atoms with Gasteiger partial charge in [-0.3, -0.25) is 0 Å². The Bertz CT molecular complexity index is 999. The van der Waals surface area contributed by atoms with Crippen molar-refractivity contribution >= 4 is 17.7 Å². The molecule has 0 fully saturated rings. The standard InChI is InChI=1S/C15H16N2O4S.C7H8O2/c1-4-20-14(18)10-9-16-15(22-3)17-13(10)21-12-8-6-5-7-11(12)19-2;1-9-7-5-3-2-4-6(7)8/h5-9H,4H2,1-3H3;2-5,8H,1H3. The smallest absolute Gasteiger partial charge is 0.345 e. The highest BCUT2D eigenvalue weighted by atomic mass is 32.2. The second-order valence-corrected chi connectivity index (χ2v) is 6.49. The van der Waals surface area contributed by atoms with E-state index in [0.717, 1.165) is 0 Å². The van der Waals surface area contributed by atoms with Crippen molar-refractivity contribution in [2.75, 3.05) is 27.1 Å². The number of carbonyl (C=O) groups excluding carboxylic acids is 1. The van der Waals surface area contributed by atoms with E-state index in [0.29, 0.717) is 22.4 Å². The molecule has 164 valence electrons. The first-order valence-corrected chi connectivity index (χ1v) is 10.5. The summed E-state index contributed by atoms with van der Waals surface area (Å²) in [5, 5.41) is 9.48. The maximum Gasteiger partial charge on any atom is 0.345 e. The maximum atomic E-state index is 12.0. The lowest BCUT2D eigenvalue weighted by Gasteiger charge is -2.12. The topological polar surface area (TPSA) is 100 Å². The Morgan fingerprint density at radius 1 is 1.00 bits per heavy atom. The zero-order valence-electron chi connectivity index (χ0n) is 17.7. The highest BCUT2D eigenvalue weighted by Crippen LogP contribution is 2.32. The van der Waals surface area contributed by atoms with Crippen LogP contribution in [0.3, 0.4) is 0 Å². The molecule has 2 aromatic carbocycles. The molecule has 0 bridgehead atoms. The average molecular weight is 445 g/mol. The number of aromatic nitrogens is 2. The van der Waals surface area contributed by atoms with Crippen LogP contribution in [0, 0.1) is 0 Å². The number of esters is 1. The largest absolute Gasteiger partial charge is 0.504 e. The molecular weight excluding hydrogens is 420 g/mol. The van der Waals surface area contributed by atoms with E-state index in [4.69, 9.17) is 24.1 Å². The van der Waals surface area contributed by atoms with Gasteiger partial charge < -0.3 is 24.1 Å². The number of hydrogen-bond acceptors (Lipinski definition) is 9. The van der Waals surface area contributed by atoms with E-state index in [-0.39, 0.29) is 23.8 Å². The number of ether oxygens (including phenoxy) is 4. The number of aromatic hydroxyl groups is 1. The minimum absolute atomic E-state index is 0.141. The van der Waals surface area contributed by atoms with Gasteiger partial charge in [-0.25, -0.2) is 9.78 Å². The number of methoxy groups -OCH3 is 2. The summed E-state index contributed by atoms with van der Waals surface area (Å²) in [5.74, 6) is 1.31. The van der Waals surface area contributed by atoms with Gasteiger partial charge in [0, 0.05) is 6.20 Å². The van der Waals surface area contributed by atoms with Gasteiger partial charge >= 0.3 is 5.97 Å². The quantitative estimate of drug-likeness (QED) is 0.319. The highest BCUT2D eigenvalue weighted by Gasteiger charge is 2.19. The molecule has 31 heavy (non-hydrogen) atoms. The lowest BCUT2D eigenvalue weighted by Crippen LogP contribution is -2.09. The van der Waals surface area contributed by atoms with Crippen LogP contribution in [0.2, 0.25) is 0 Å². The normalized spacial score (nSPS) is 9.81.